The van der Waals surface area contributed by atoms with Gasteiger partial charge in [-0.05, 0) is 60.5 Å². The summed E-state index contributed by atoms with van der Waals surface area (Å²) < 4.78 is 0. The van der Waals surface area contributed by atoms with Gasteiger partial charge < -0.3 is 10.6 Å². The highest BCUT2D eigenvalue weighted by molar-refractivity contribution is 5.95. The lowest BCUT2D eigenvalue weighted by Crippen LogP contribution is -2.23. The standard InChI is InChI=1S/C25H22N6O/c1-3-18-8-7-17(2)21(13-18)15-28-25(32)20-5-4-6-22(14-20)27-16-23-29-24(31-30-23)19-9-11-26-12-10-19/h1,4-14,27H,15-16H2,2H3,(H,28,32)(H,29,30,31). The van der Waals surface area contributed by atoms with Gasteiger partial charge in [0.25, 0.3) is 5.91 Å². The molecule has 0 aliphatic rings. The van der Waals surface area contributed by atoms with Crippen molar-refractivity contribution in [1.82, 2.24) is 25.5 Å². The van der Waals surface area contributed by atoms with Crippen LogP contribution in [0.15, 0.2) is 67.0 Å². The number of nitrogens with one attached hydrogen (secondary N) is 3. The number of carbonyl (C=O) groups excluding carboxylic acids is 1. The lowest BCUT2D eigenvalue weighted by atomic mass is 10.1. The second-order valence-corrected chi connectivity index (χ2v) is 7.24. The van der Waals surface area contributed by atoms with Crippen molar-refractivity contribution in [3.8, 4) is 23.7 Å². The van der Waals surface area contributed by atoms with E-state index in [1.807, 2.05) is 49.4 Å². The molecule has 0 saturated carbocycles. The van der Waals surface area contributed by atoms with Crippen LogP contribution in [-0.2, 0) is 13.1 Å². The molecule has 0 aliphatic carbocycles. The number of pyridine rings is 1. The van der Waals surface area contributed by atoms with Crippen LogP contribution in [0.5, 0.6) is 0 Å². The van der Waals surface area contributed by atoms with E-state index in [1.54, 1.807) is 24.5 Å². The summed E-state index contributed by atoms with van der Waals surface area (Å²) in [7, 11) is 0. The van der Waals surface area contributed by atoms with Gasteiger partial charge >= 0.3 is 0 Å². The summed E-state index contributed by atoms with van der Waals surface area (Å²) in [5, 5.41) is 13.4. The fourth-order valence-electron chi connectivity index (χ4n) is 3.19. The predicted molar refractivity (Wildman–Crippen MR) is 124 cm³/mol. The first-order valence-corrected chi connectivity index (χ1v) is 10.1. The molecule has 2 aromatic heterocycles. The van der Waals surface area contributed by atoms with Crippen LogP contribution >= 0.6 is 0 Å². The van der Waals surface area contributed by atoms with Crippen molar-refractivity contribution in [2.24, 2.45) is 0 Å². The Morgan fingerprint density at radius 3 is 2.75 bits per heavy atom. The van der Waals surface area contributed by atoms with Crippen LogP contribution in [0.25, 0.3) is 11.4 Å². The van der Waals surface area contributed by atoms with Gasteiger partial charge in [0.1, 0.15) is 5.82 Å². The summed E-state index contributed by atoms with van der Waals surface area (Å²) >= 11 is 0. The highest BCUT2D eigenvalue weighted by Crippen LogP contribution is 2.15. The average molecular weight is 422 g/mol. The van der Waals surface area contributed by atoms with Gasteiger partial charge in [-0.1, -0.05) is 18.1 Å². The maximum absolute atomic E-state index is 12.7. The molecule has 0 unspecified atom stereocenters. The molecule has 0 saturated heterocycles. The molecule has 0 spiro atoms. The molecule has 4 aromatic rings. The lowest BCUT2D eigenvalue weighted by Gasteiger charge is -2.10. The van der Waals surface area contributed by atoms with Crippen LogP contribution in [0.2, 0.25) is 0 Å². The smallest absolute Gasteiger partial charge is 0.251 e. The molecule has 0 fully saturated rings. The number of H-pyrrole nitrogens is 1. The fourth-order valence-corrected chi connectivity index (χ4v) is 3.19. The van der Waals surface area contributed by atoms with E-state index in [2.05, 4.69) is 36.7 Å². The van der Waals surface area contributed by atoms with E-state index in [9.17, 15) is 4.79 Å². The summed E-state index contributed by atoms with van der Waals surface area (Å²) in [5.74, 6) is 3.77. The Kier molecular flexibility index (Phi) is 6.23. The summed E-state index contributed by atoms with van der Waals surface area (Å²) in [6.45, 7) is 2.85. The zero-order chi connectivity index (χ0) is 22.3. The summed E-state index contributed by atoms with van der Waals surface area (Å²) in [6, 6.07) is 16.8. The van der Waals surface area contributed by atoms with Gasteiger partial charge in [-0.15, -0.1) is 6.42 Å². The van der Waals surface area contributed by atoms with Gasteiger partial charge in [-0.3, -0.25) is 14.9 Å². The van der Waals surface area contributed by atoms with Gasteiger partial charge in [0, 0.05) is 41.3 Å². The average Bonchev–Trinajstić information content (AvgIpc) is 3.32. The van der Waals surface area contributed by atoms with Crippen molar-refractivity contribution in [2.45, 2.75) is 20.0 Å². The maximum atomic E-state index is 12.7. The quantitative estimate of drug-likeness (QED) is 0.395. The van der Waals surface area contributed by atoms with E-state index in [0.717, 1.165) is 27.9 Å². The lowest BCUT2D eigenvalue weighted by molar-refractivity contribution is 0.0951. The Bertz CT molecular complexity index is 1270. The van der Waals surface area contributed by atoms with Crippen LogP contribution < -0.4 is 10.6 Å². The van der Waals surface area contributed by atoms with Crippen molar-refractivity contribution in [1.29, 1.82) is 0 Å². The first-order chi connectivity index (χ1) is 15.6. The number of nitrogens with zero attached hydrogens (tertiary/aromatic N) is 3. The Balaban J connectivity index is 1.37. The van der Waals surface area contributed by atoms with E-state index in [1.165, 1.54) is 0 Å². The number of terminal acetylenes is 1. The third-order valence-electron chi connectivity index (χ3n) is 5.01. The number of aromatic amines is 1. The first-order valence-electron chi connectivity index (χ1n) is 10.1. The molecular weight excluding hydrogens is 400 g/mol. The minimum Gasteiger partial charge on any atom is -0.378 e. The fraction of sp³-hybridized carbons (Fsp3) is 0.120. The van der Waals surface area contributed by atoms with Crippen LogP contribution in [0.4, 0.5) is 5.69 Å². The molecular formula is C25H22N6O. The Labute approximate surface area is 186 Å². The SMILES string of the molecule is C#Cc1ccc(C)c(CNC(=O)c2cccc(NCc3nc(-c4ccncc4)n[nH]3)c2)c1. The van der Waals surface area contributed by atoms with Gasteiger partial charge in [0.2, 0.25) is 0 Å². The monoisotopic (exact) mass is 422 g/mol. The van der Waals surface area contributed by atoms with Gasteiger partial charge in [0.05, 0.1) is 6.54 Å². The number of aryl methyl sites for hydroxylation is 1. The summed E-state index contributed by atoms with van der Waals surface area (Å²) in [4.78, 5) is 21.1. The minimum atomic E-state index is -0.154. The van der Waals surface area contributed by atoms with E-state index >= 15 is 0 Å². The van der Waals surface area contributed by atoms with Crippen LogP contribution in [0.3, 0.4) is 0 Å². The number of hydrogen-bond donors (Lipinski definition) is 3. The number of rotatable bonds is 7. The maximum Gasteiger partial charge on any atom is 0.251 e. The van der Waals surface area contributed by atoms with E-state index in [0.29, 0.717) is 30.3 Å². The number of amides is 1. The number of aromatic nitrogens is 4. The zero-order valence-electron chi connectivity index (χ0n) is 17.6. The molecule has 0 atom stereocenters. The topological polar surface area (TPSA) is 95.6 Å². The van der Waals surface area contributed by atoms with Gasteiger partial charge in [-0.25, -0.2) is 4.98 Å². The zero-order valence-corrected chi connectivity index (χ0v) is 17.6. The molecule has 0 aliphatic heterocycles. The van der Waals surface area contributed by atoms with Crippen LogP contribution in [0, 0.1) is 19.3 Å². The Hall–Kier alpha value is -4.44. The minimum absolute atomic E-state index is 0.154. The number of hydrogen-bond acceptors (Lipinski definition) is 5. The predicted octanol–water partition coefficient (Wildman–Crippen LogP) is 3.70. The highest BCUT2D eigenvalue weighted by atomic mass is 16.1. The molecule has 4 rings (SSSR count). The number of carbonyl (C=O) groups is 1. The van der Waals surface area contributed by atoms with E-state index in [4.69, 9.17) is 6.42 Å². The molecule has 3 N–H and O–H groups in total. The van der Waals surface area contributed by atoms with Crippen molar-refractivity contribution >= 4 is 11.6 Å². The highest BCUT2D eigenvalue weighted by Gasteiger charge is 2.09. The molecule has 2 heterocycles. The number of benzene rings is 2. The second kappa shape index (κ2) is 9.58. The Morgan fingerprint density at radius 1 is 1.09 bits per heavy atom. The van der Waals surface area contributed by atoms with Crippen molar-refractivity contribution in [2.75, 3.05) is 5.32 Å². The van der Waals surface area contributed by atoms with Crippen LogP contribution in [0.1, 0.15) is 32.9 Å². The Morgan fingerprint density at radius 2 is 1.94 bits per heavy atom. The van der Waals surface area contributed by atoms with Gasteiger partial charge in [-0.2, -0.15) is 5.10 Å². The molecule has 32 heavy (non-hydrogen) atoms. The van der Waals surface area contributed by atoms with Crippen molar-refractivity contribution in [3.05, 3.63) is 95.1 Å². The van der Waals surface area contributed by atoms with Crippen molar-refractivity contribution < 1.29 is 4.79 Å². The van der Waals surface area contributed by atoms with Crippen molar-refractivity contribution in [3.63, 3.8) is 0 Å². The molecule has 158 valence electrons. The summed E-state index contributed by atoms with van der Waals surface area (Å²) in [5.41, 5.74) is 5.15. The molecule has 0 bridgehead atoms. The first kappa shape index (κ1) is 20.8. The third-order valence-corrected chi connectivity index (χ3v) is 5.01. The van der Waals surface area contributed by atoms with E-state index in [-0.39, 0.29) is 5.91 Å². The number of anilines is 1. The van der Waals surface area contributed by atoms with E-state index < -0.39 is 0 Å². The molecule has 1 amide bonds. The second-order valence-electron chi connectivity index (χ2n) is 7.24. The molecule has 2 aromatic carbocycles. The third kappa shape index (κ3) is 4.99. The van der Waals surface area contributed by atoms with Crippen LogP contribution in [-0.4, -0.2) is 26.1 Å². The summed E-state index contributed by atoms with van der Waals surface area (Å²) in [6.07, 6.45) is 8.88. The molecule has 7 heteroatoms. The molecule has 0 radical (unpaired) electrons. The normalized spacial score (nSPS) is 10.4. The largest absolute Gasteiger partial charge is 0.378 e. The molecule has 7 nitrogen and oxygen atoms in total. The van der Waals surface area contributed by atoms with Gasteiger partial charge in [0.15, 0.2) is 5.82 Å².